The lowest BCUT2D eigenvalue weighted by molar-refractivity contribution is -0.384. The summed E-state index contributed by atoms with van der Waals surface area (Å²) in [6.45, 7) is 5.59. The zero-order valence-electron chi connectivity index (χ0n) is 10.7. The van der Waals surface area contributed by atoms with Crippen molar-refractivity contribution in [2.75, 3.05) is 44.7 Å². The van der Waals surface area contributed by atoms with E-state index in [0.29, 0.717) is 11.1 Å². The smallest absolute Gasteiger partial charge is 0.292 e. The van der Waals surface area contributed by atoms with Crippen molar-refractivity contribution < 1.29 is 9.66 Å². The molecule has 2 aliphatic heterocycles. The molecule has 0 aromatic heterocycles. The van der Waals surface area contributed by atoms with E-state index in [0.717, 1.165) is 39.4 Å². The van der Waals surface area contributed by atoms with Gasteiger partial charge in [0.25, 0.3) is 5.69 Å². The first kappa shape index (κ1) is 12.4. The van der Waals surface area contributed by atoms with Crippen LogP contribution in [0.5, 0.6) is 0 Å². The van der Waals surface area contributed by atoms with Crippen LogP contribution in [0.3, 0.4) is 0 Å². The highest BCUT2D eigenvalue weighted by Crippen LogP contribution is 2.37. The Morgan fingerprint density at radius 3 is 2.74 bits per heavy atom. The summed E-state index contributed by atoms with van der Waals surface area (Å²) < 4.78 is 5.23. The second-order valence-electron chi connectivity index (χ2n) is 5.40. The Hall–Kier alpha value is -1.66. The van der Waals surface area contributed by atoms with Crippen LogP contribution in [0.4, 0.5) is 11.4 Å². The Morgan fingerprint density at radius 1 is 1.37 bits per heavy atom. The third-order valence-corrected chi connectivity index (χ3v) is 3.78. The molecule has 2 heterocycles. The summed E-state index contributed by atoms with van der Waals surface area (Å²) in [4.78, 5) is 12.9. The Labute approximate surface area is 111 Å². The van der Waals surface area contributed by atoms with Gasteiger partial charge in [-0.2, -0.15) is 0 Å². The largest absolute Gasteiger partial charge is 0.380 e. The Bertz CT molecular complexity index is 480. The number of benzene rings is 1. The Kier molecular flexibility index (Phi) is 3.12. The molecular formula is C13H17N3O3. The molecule has 1 aromatic rings. The molecule has 2 fully saturated rings. The number of rotatable bonds is 5. The maximum absolute atomic E-state index is 10.9. The summed E-state index contributed by atoms with van der Waals surface area (Å²) in [6.07, 6.45) is 0. The fourth-order valence-corrected chi connectivity index (χ4v) is 2.76. The van der Waals surface area contributed by atoms with Crippen molar-refractivity contribution in [2.24, 2.45) is 5.41 Å². The molecular weight excluding hydrogens is 246 g/mol. The molecule has 102 valence electrons. The van der Waals surface area contributed by atoms with Gasteiger partial charge in [0.05, 0.1) is 18.1 Å². The summed E-state index contributed by atoms with van der Waals surface area (Å²) in [6, 6.07) is 6.75. The van der Waals surface area contributed by atoms with Gasteiger partial charge in [0.2, 0.25) is 0 Å². The third-order valence-electron chi connectivity index (χ3n) is 3.78. The van der Waals surface area contributed by atoms with Gasteiger partial charge in [0, 0.05) is 37.7 Å². The number of ether oxygens (including phenoxy) is 1. The molecule has 6 nitrogen and oxygen atoms in total. The van der Waals surface area contributed by atoms with E-state index in [2.05, 4.69) is 10.2 Å². The summed E-state index contributed by atoms with van der Waals surface area (Å²) in [5.41, 5.74) is 1.16. The van der Waals surface area contributed by atoms with E-state index in [1.807, 2.05) is 0 Å². The van der Waals surface area contributed by atoms with E-state index in [4.69, 9.17) is 4.74 Å². The van der Waals surface area contributed by atoms with Gasteiger partial charge in [-0.15, -0.1) is 0 Å². The van der Waals surface area contributed by atoms with E-state index in [9.17, 15) is 10.1 Å². The molecule has 19 heavy (non-hydrogen) atoms. The fraction of sp³-hybridized carbons (Fsp3) is 0.538. The van der Waals surface area contributed by atoms with Crippen LogP contribution in [0.25, 0.3) is 0 Å². The molecule has 0 saturated carbocycles. The van der Waals surface area contributed by atoms with E-state index in [1.165, 1.54) is 6.07 Å². The van der Waals surface area contributed by atoms with Crippen LogP contribution < -0.4 is 5.32 Å². The monoisotopic (exact) mass is 263 g/mol. The lowest BCUT2D eigenvalue weighted by Gasteiger charge is -2.55. The zero-order chi connectivity index (χ0) is 13.3. The standard InChI is InChI=1S/C13H17N3O3/c17-16(18)12-4-2-1-3-11(12)14-5-6-15-7-13(8-15)9-19-10-13/h1-4,14H,5-10H2. The van der Waals surface area contributed by atoms with Gasteiger partial charge in [-0.25, -0.2) is 0 Å². The molecule has 1 aromatic carbocycles. The average molecular weight is 263 g/mol. The van der Waals surface area contributed by atoms with Gasteiger partial charge < -0.3 is 15.0 Å². The van der Waals surface area contributed by atoms with Gasteiger partial charge in [-0.05, 0) is 6.07 Å². The Balaban J connectivity index is 1.46. The van der Waals surface area contributed by atoms with Crippen molar-refractivity contribution in [1.29, 1.82) is 0 Å². The van der Waals surface area contributed by atoms with Crippen LogP contribution in [0.1, 0.15) is 0 Å². The lowest BCUT2D eigenvalue weighted by atomic mass is 9.78. The van der Waals surface area contributed by atoms with E-state index in [-0.39, 0.29) is 10.6 Å². The predicted molar refractivity (Wildman–Crippen MR) is 71.3 cm³/mol. The SMILES string of the molecule is O=[N+]([O-])c1ccccc1NCCN1CC2(COC2)C1. The normalized spacial score (nSPS) is 20.6. The first-order chi connectivity index (χ1) is 9.19. The maximum atomic E-state index is 10.9. The Morgan fingerprint density at radius 2 is 2.11 bits per heavy atom. The molecule has 0 atom stereocenters. The van der Waals surface area contributed by atoms with E-state index < -0.39 is 0 Å². The quantitative estimate of drug-likeness (QED) is 0.641. The molecule has 0 amide bonds. The molecule has 2 aliphatic rings. The number of hydrogen-bond donors (Lipinski definition) is 1. The number of hydrogen-bond acceptors (Lipinski definition) is 5. The van der Waals surface area contributed by atoms with Gasteiger partial charge in [0.15, 0.2) is 0 Å². The van der Waals surface area contributed by atoms with E-state index >= 15 is 0 Å². The maximum Gasteiger partial charge on any atom is 0.292 e. The third kappa shape index (κ3) is 2.41. The summed E-state index contributed by atoms with van der Waals surface area (Å²) >= 11 is 0. The number of nitrogens with one attached hydrogen (secondary N) is 1. The van der Waals surface area contributed by atoms with Gasteiger partial charge in [-0.1, -0.05) is 12.1 Å². The number of para-hydroxylation sites is 2. The highest BCUT2D eigenvalue weighted by atomic mass is 16.6. The first-order valence-electron chi connectivity index (χ1n) is 6.46. The second-order valence-corrected chi connectivity index (χ2v) is 5.40. The van der Waals surface area contributed by atoms with Crippen molar-refractivity contribution in [1.82, 2.24) is 4.90 Å². The molecule has 0 aliphatic carbocycles. The van der Waals surface area contributed by atoms with Gasteiger partial charge in [-0.3, -0.25) is 10.1 Å². The van der Waals surface area contributed by atoms with Crippen LogP contribution in [0, 0.1) is 15.5 Å². The minimum atomic E-state index is -0.355. The van der Waals surface area contributed by atoms with Crippen molar-refractivity contribution >= 4 is 11.4 Å². The highest BCUT2D eigenvalue weighted by molar-refractivity contribution is 5.61. The van der Waals surface area contributed by atoms with Crippen molar-refractivity contribution in [2.45, 2.75) is 0 Å². The zero-order valence-corrected chi connectivity index (χ0v) is 10.7. The highest BCUT2D eigenvalue weighted by Gasteiger charge is 2.48. The number of nitro groups is 1. The van der Waals surface area contributed by atoms with Crippen molar-refractivity contribution in [3.05, 3.63) is 34.4 Å². The van der Waals surface area contributed by atoms with Crippen LogP contribution >= 0.6 is 0 Å². The predicted octanol–water partition coefficient (Wildman–Crippen LogP) is 1.34. The molecule has 0 radical (unpaired) electrons. The molecule has 1 spiro atoms. The molecule has 3 rings (SSSR count). The lowest BCUT2D eigenvalue weighted by Crippen LogP contribution is -2.66. The topological polar surface area (TPSA) is 67.6 Å². The number of likely N-dealkylation sites (tertiary alicyclic amines) is 1. The number of nitro benzene ring substituents is 1. The summed E-state index contributed by atoms with van der Waals surface area (Å²) in [5.74, 6) is 0. The van der Waals surface area contributed by atoms with Crippen LogP contribution in [-0.2, 0) is 4.74 Å². The van der Waals surface area contributed by atoms with Crippen LogP contribution in [-0.4, -0.2) is 49.2 Å². The fourth-order valence-electron chi connectivity index (χ4n) is 2.76. The molecule has 2 saturated heterocycles. The molecule has 0 bridgehead atoms. The summed E-state index contributed by atoms with van der Waals surface area (Å²) in [5, 5.41) is 14.0. The average Bonchev–Trinajstić information content (AvgIpc) is 2.30. The van der Waals surface area contributed by atoms with Crippen molar-refractivity contribution in [3.63, 3.8) is 0 Å². The van der Waals surface area contributed by atoms with E-state index in [1.54, 1.807) is 18.2 Å². The first-order valence-corrected chi connectivity index (χ1v) is 6.46. The number of nitrogens with zero attached hydrogens (tertiary/aromatic N) is 2. The van der Waals surface area contributed by atoms with Crippen molar-refractivity contribution in [3.8, 4) is 0 Å². The minimum absolute atomic E-state index is 0.134. The minimum Gasteiger partial charge on any atom is -0.380 e. The van der Waals surface area contributed by atoms with Gasteiger partial charge in [0.1, 0.15) is 5.69 Å². The summed E-state index contributed by atoms with van der Waals surface area (Å²) in [7, 11) is 0. The number of anilines is 1. The molecule has 1 N–H and O–H groups in total. The van der Waals surface area contributed by atoms with Crippen LogP contribution in [0.15, 0.2) is 24.3 Å². The second kappa shape index (κ2) is 4.79. The van der Waals surface area contributed by atoms with Crippen LogP contribution in [0.2, 0.25) is 0 Å². The van der Waals surface area contributed by atoms with Gasteiger partial charge >= 0.3 is 0 Å². The molecule has 6 heteroatoms. The molecule has 0 unspecified atom stereocenters.